The van der Waals surface area contributed by atoms with Crippen molar-refractivity contribution in [1.29, 1.82) is 0 Å². The topological polar surface area (TPSA) is 89.9 Å². The minimum absolute atomic E-state index is 0.0889. The standard InChI is InChI=1S/C38H52O6/c1-33(2)28-13-16-38(7)30(36(28,5)15-14-29(33)44-27-12-10-9-11-23(27)31(40)41)26(39)21-24-25-22-35(4,32(42)43-8)18-17-34(25,3)19-20-37(24,38)6/h9-12,21,25,28-30H,13-20,22H2,1-8H3,(H,40,41)/t25-,28+,29-,30+,34+,35-,36-,37+,38+/m0/s1. The van der Waals surface area contributed by atoms with Crippen LogP contribution in [0.2, 0.25) is 0 Å². The highest BCUT2D eigenvalue weighted by molar-refractivity contribution is 5.96. The zero-order chi connectivity index (χ0) is 32.1. The van der Waals surface area contributed by atoms with Crippen LogP contribution in [0.25, 0.3) is 0 Å². The van der Waals surface area contributed by atoms with E-state index < -0.39 is 11.4 Å². The van der Waals surface area contributed by atoms with Crippen molar-refractivity contribution in [3.63, 3.8) is 0 Å². The van der Waals surface area contributed by atoms with Gasteiger partial charge in [0, 0.05) is 11.3 Å². The molecule has 0 saturated heterocycles. The van der Waals surface area contributed by atoms with Crippen molar-refractivity contribution in [1.82, 2.24) is 0 Å². The van der Waals surface area contributed by atoms with Crippen LogP contribution in [-0.4, -0.2) is 36.0 Å². The molecule has 44 heavy (non-hydrogen) atoms. The van der Waals surface area contributed by atoms with Crippen LogP contribution in [0.5, 0.6) is 5.75 Å². The molecule has 0 bridgehead atoms. The van der Waals surface area contributed by atoms with Gasteiger partial charge in [-0.3, -0.25) is 9.59 Å². The summed E-state index contributed by atoms with van der Waals surface area (Å²) < 4.78 is 11.8. The molecule has 5 aliphatic rings. The average molecular weight is 605 g/mol. The number of hydrogen-bond acceptors (Lipinski definition) is 5. The lowest BCUT2D eigenvalue weighted by Gasteiger charge is -2.70. The van der Waals surface area contributed by atoms with Crippen molar-refractivity contribution in [3.05, 3.63) is 41.5 Å². The molecule has 4 fully saturated rings. The fraction of sp³-hybridized carbons (Fsp3) is 0.711. The van der Waals surface area contributed by atoms with Gasteiger partial charge in [-0.05, 0) is 116 Å². The van der Waals surface area contributed by atoms with Gasteiger partial charge in [-0.1, -0.05) is 59.2 Å². The van der Waals surface area contributed by atoms with Gasteiger partial charge < -0.3 is 14.6 Å². The normalized spacial score (nSPS) is 44.2. The first kappa shape index (κ1) is 31.4. The Labute approximate surface area is 263 Å². The van der Waals surface area contributed by atoms with E-state index in [2.05, 4.69) is 54.5 Å². The van der Waals surface area contributed by atoms with Gasteiger partial charge >= 0.3 is 11.9 Å². The van der Waals surface area contributed by atoms with Gasteiger partial charge in [0.05, 0.1) is 12.5 Å². The third-order valence-electron chi connectivity index (χ3n) is 14.6. The van der Waals surface area contributed by atoms with Crippen LogP contribution in [0.15, 0.2) is 35.9 Å². The molecule has 9 atom stereocenters. The number of ether oxygens (including phenoxy) is 2. The number of rotatable bonds is 4. The number of allylic oxidation sites excluding steroid dienone is 2. The summed E-state index contributed by atoms with van der Waals surface area (Å²) in [5.74, 6) is -0.0443. The Morgan fingerprint density at radius 1 is 0.886 bits per heavy atom. The lowest BCUT2D eigenvalue weighted by molar-refractivity contribution is -0.199. The highest BCUT2D eigenvalue weighted by Gasteiger charge is 2.70. The number of fused-ring (bicyclic) bond motifs is 7. The Balaban J connectivity index is 1.36. The van der Waals surface area contributed by atoms with Gasteiger partial charge in [0.15, 0.2) is 5.78 Å². The van der Waals surface area contributed by atoms with Crippen LogP contribution in [0.4, 0.5) is 0 Å². The van der Waals surface area contributed by atoms with Crippen molar-refractivity contribution in [2.45, 2.75) is 112 Å². The number of carboxylic acids is 1. The molecule has 4 saturated carbocycles. The molecule has 0 amide bonds. The maximum Gasteiger partial charge on any atom is 0.339 e. The molecule has 1 aromatic rings. The Morgan fingerprint density at radius 2 is 1.57 bits per heavy atom. The summed E-state index contributed by atoms with van der Waals surface area (Å²) in [5, 5.41) is 9.77. The highest BCUT2D eigenvalue weighted by atomic mass is 16.5. The fourth-order valence-corrected chi connectivity index (χ4v) is 11.7. The average Bonchev–Trinajstić information content (AvgIpc) is 2.96. The lowest BCUT2D eigenvalue weighted by Crippen LogP contribution is -2.67. The molecule has 6 nitrogen and oxygen atoms in total. The number of hydrogen-bond donors (Lipinski definition) is 1. The molecule has 0 radical (unpaired) electrons. The fourth-order valence-electron chi connectivity index (χ4n) is 11.7. The third-order valence-corrected chi connectivity index (χ3v) is 14.6. The van der Waals surface area contributed by atoms with E-state index in [-0.39, 0.29) is 68.2 Å². The van der Waals surface area contributed by atoms with E-state index in [1.807, 2.05) is 6.07 Å². The second kappa shape index (κ2) is 9.93. The van der Waals surface area contributed by atoms with E-state index in [0.29, 0.717) is 5.75 Å². The Bertz CT molecular complexity index is 1430. The smallest absolute Gasteiger partial charge is 0.339 e. The maximum atomic E-state index is 14.7. The molecule has 0 heterocycles. The van der Waals surface area contributed by atoms with Gasteiger partial charge in [-0.15, -0.1) is 0 Å². The molecule has 0 aromatic heterocycles. The first-order valence-electron chi connectivity index (χ1n) is 16.8. The minimum Gasteiger partial charge on any atom is -0.489 e. The minimum atomic E-state index is -0.982. The number of ketones is 1. The SMILES string of the molecule is COC(=O)[C@@]1(C)CC[C@]2(C)CC[C@]3(C)C(=CC(=O)[C@@H]4[C@@]5(C)CC[C@H](Oc6ccccc6C(=O)O)C(C)(C)[C@H]5CC[C@]43C)[C@@H]2C1. The van der Waals surface area contributed by atoms with Crippen molar-refractivity contribution in [3.8, 4) is 5.75 Å². The molecular formula is C38H52O6. The van der Waals surface area contributed by atoms with Crippen molar-refractivity contribution in [2.75, 3.05) is 7.11 Å². The summed E-state index contributed by atoms with van der Waals surface area (Å²) in [6.45, 7) is 16.2. The summed E-state index contributed by atoms with van der Waals surface area (Å²) in [6, 6.07) is 6.92. The summed E-state index contributed by atoms with van der Waals surface area (Å²) in [4.78, 5) is 39.6. The predicted molar refractivity (Wildman–Crippen MR) is 169 cm³/mol. The van der Waals surface area contributed by atoms with Crippen LogP contribution in [-0.2, 0) is 14.3 Å². The van der Waals surface area contributed by atoms with Crippen molar-refractivity contribution in [2.24, 2.45) is 50.2 Å². The van der Waals surface area contributed by atoms with Gasteiger partial charge in [-0.25, -0.2) is 4.79 Å². The van der Waals surface area contributed by atoms with Crippen LogP contribution in [0, 0.1) is 50.2 Å². The van der Waals surface area contributed by atoms with E-state index in [9.17, 15) is 19.5 Å². The number of methoxy groups -OCH3 is 1. The Hall–Kier alpha value is -2.63. The number of benzene rings is 1. The maximum absolute atomic E-state index is 14.7. The third kappa shape index (κ3) is 4.14. The number of carbonyl (C=O) groups excluding carboxylic acids is 2. The zero-order valence-corrected chi connectivity index (χ0v) is 28.0. The van der Waals surface area contributed by atoms with Crippen LogP contribution in [0.3, 0.4) is 0 Å². The first-order chi connectivity index (χ1) is 20.5. The molecule has 6 heteroatoms. The summed E-state index contributed by atoms with van der Waals surface area (Å²) in [7, 11) is 1.49. The van der Waals surface area contributed by atoms with E-state index >= 15 is 0 Å². The number of para-hydroxylation sites is 1. The summed E-state index contributed by atoms with van der Waals surface area (Å²) >= 11 is 0. The molecule has 5 aliphatic carbocycles. The van der Waals surface area contributed by atoms with Crippen LogP contribution >= 0.6 is 0 Å². The summed E-state index contributed by atoms with van der Waals surface area (Å²) in [6.07, 6.45) is 10.3. The van der Waals surface area contributed by atoms with Crippen molar-refractivity contribution >= 4 is 17.7 Å². The van der Waals surface area contributed by atoms with Crippen LogP contribution < -0.4 is 4.74 Å². The number of carbonyl (C=O) groups is 3. The van der Waals surface area contributed by atoms with Gasteiger partial charge in [-0.2, -0.15) is 0 Å². The van der Waals surface area contributed by atoms with E-state index in [1.54, 1.807) is 18.2 Å². The van der Waals surface area contributed by atoms with E-state index in [0.717, 1.165) is 57.8 Å². The highest BCUT2D eigenvalue weighted by Crippen LogP contribution is 2.75. The molecule has 1 aromatic carbocycles. The monoisotopic (exact) mass is 604 g/mol. The molecule has 0 unspecified atom stereocenters. The zero-order valence-electron chi connectivity index (χ0n) is 28.0. The molecular weight excluding hydrogens is 552 g/mol. The summed E-state index contributed by atoms with van der Waals surface area (Å²) in [5.41, 5.74) is 0.317. The molecule has 240 valence electrons. The number of aromatic carboxylic acids is 1. The number of esters is 1. The van der Waals surface area contributed by atoms with Gasteiger partial charge in [0.1, 0.15) is 17.4 Å². The van der Waals surface area contributed by atoms with Gasteiger partial charge in [0.2, 0.25) is 0 Å². The quantitative estimate of drug-likeness (QED) is 0.348. The molecule has 0 aliphatic heterocycles. The van der Waals surface area contributed by atoms with Crippen LogP contribution in [0.1, 0.15) is 117 Å². The number of carboxylic acid groups (broad SMARTS) is 1. The van der Waals surface area contributed by atoms with E-state index in [1.165, 1.54) is 12.7 Å². The predicted octanol–water partition coefficient (Wildman–Crippen LogP) is 8.29. The Kier molecular flexibility index (Phi) is 7.08. The molecule has 1 N–H and O–H groups in total. The molecule has 0 spiro atoms. The first-order valence-corrected chi connectivity index (χ1v) is 16.8. The Morgan fingerprint density at radius 3 is 2.25 bits per heavy atom. The molecule has 6 rings (SSSR count). The van der Waals surface area contributed by atoms with E-state index in [4.69, 9.17) is 9.47 Å². The van der Waals surface area contributed by atoms with Crippen molar-refractivity contribution < 1.29 is 29.0 Å². The second-order valence-electron chi connectivity index (χ2n) is 17.0. The van der Waals surface area contributed by atoms with Gasteiger partial charge in [0.25, 0.3) is 0 Å². The largest absolute Gasteiger partial charge is 0.489 e. The lowest BCUT2D eigenvalue weighted by atomic mass is 9.33. The second-order valence-corrected chi connectivity index (χ2v) is 17.0.